The molecule has 0 N–H and O–H groups in total. The molecule has 4 heterocycles. The highest BCUT2D eigenvalue weighted by Gasteiger charge is 2.50. The third kappa shape index (κ3) is 4.73. The minimum Gasteiger partial charge on any atom is -0.454 e. The average molecular weight is 466 g/mol. The van der Waals surface area contributed by atoms with Crippen molar-refractivity contribution in [3.63, 3.8) is 0 Å². The molecule has 1 unspecified atom stereocenters. The van der Waals surface area contributed by atoms with E-state index in [0.29, 0.717) is 5.92 Å². The van der Waals surface area contributed by atoms with Crippen LogP contribution in [-0.4, -0.2) is 72.2 Å². The Morgan fingerprint density at radius 2 is 1.67 bits per heavy atom. The van der Waals surface area contributed by atoms with Crippen molar-refractivity contribution >= 4 is 17.7 Å². The summed E-state index contributed by atoms with van der Waals surface area (Å²) < 4.78 is 7.58. The number of hydrogen-bond donors (Lipinski definition) is 0. The highest BCUT2D eigenvalue weighted by atomic mass is 32.2. The number of ether oxygens (including phenoxy) is 1. The lowest BCUT2D eigenvalue weighted by Gasteiger charge is -2.52. The number of rotatable bonds is 7. The second-order valence-electron chi connectivity index (χ2n) is 10.2. The van der Waals surface area contributed by atoms with Crippen molar-refractivity contribution in [1.29, 1.82) is 0 Å². The SMILES string of the molecule is CC(C(=O)O[C@H]1C[N+]2(CCc3ccccc3)CCC1CC2)(c1ccccc1)N1CCSCC1. The van der Waals surface area contributed by atoms with Crippen LogP contribution in [0.4, 0.5) is 0 Å². The maximum absolute atomic E-state index is 13.9. The van der Waals surface area contributed by atoms with Crippen molar-refractivity contribution in [3.8, 4) is 0 Å². The first-order chi connectivity index (χ1) is 16.1. The minimum atomic E-state index is -0.719. The number of carbonyl (C=O) groups is 1. The van der Waals surface area contributed by atoms with Gasteiger partial charge >= 0.3 is 5.97 Å². The number of carbonyl (C=O) groups excluding carboxylic acids is 1. The molecule has 4 nitrogen and oxygen atoms in total. The first kappa shape index (κ1) is 22.9. The van der Waals surface area contributed by atoms with E-state index in [0.717, 1.165) is 54.2 Å². The van der Waals surface area contributed by atoms with Gasteiger partial charge in [-0.2, -0.15) is 11.8 Å². The van der Waals surface area contributed by atoms with Gasteiger partial charge in [-0.3, -0.25) is 4.90 Å². The summed E-state index contributed by atoms with van der Waals surface area (Å²) in [6.45, 7) is 8.51. The van der Waals surface area contributed by atoms with E-state index >= 15 is 0 Å². The molecule has 0 radical (unpaired) electrons. The molecule has 4 saturated heterocycles. The standard InChI is InChI=1S/C28H37N2O2S/c1-28(25-10-6-3-7-11-25,29-15-20-33-21-16-29)27(31)32-26-22-30(18-13-24(26)14-19-30)17-12-23-8-4-2-5-9-23/h2-11,24,26H,12-22H2,1H3/q+1/t24?,26-,28?,30?/m0/s1. The van der Waals surface area contributed by atoms with Crippen LogP contribution in [0.2, 0.25) is 0 Å². The Morgan fingerprint density at radius 3 is 2.33 bits per heavy atom. The molecule has 0 spiro atoms. The predicted molar refractivity (Wildman–Crippen MR) is 135 cm³/mol. The second kappa shape index (κ2) is 9.81. The fraction of sp³-hybridized carbons (Fsp3) is 0.536. The van der Waals surface area contributed by atoms with Crippen molar-refractivity contribution in [2.24, 2.45) is 5.92 Å². The molecule has 0 saturated carbocycles. The summed E-state index contributed by atoms with van der Waals surface area (Å²) >= 11 is 1.97. The molecular formula is C28H37N2O2S+. The van der Waals surface area contributed by atoms with Crippen LogP contribution in [0.5, 0.6) is 0 Å². The van der Waals surface area contributed by atoms with Gasteiger partial charge in [0.05, 0.1) is 19.6 Å². The molecule has 0 aliphatic carbocycles. The number of fused-ring (bicyclic) bond motifs is 3. The summed E-state index contributed by atoms with van der Waals surface area (Å²) in [5.74, 6) is 2.60. The zero-order valence-corrected chi connectivity index (χ0v) is 20.6. The van der Waals surface area contributed by atoms with E-state index in [-0.39, 0.29) is 12.1 Å². The van der Waals surface area contributed by atoms with Crippen LogP contribution in [0, 0.1) is 5.92 Å². The quantitative estimate of drug-likeness (QED) is 0.449. The summed E-state index contributed by atoms with van der Waals surface area (Å²) in [4.78, 5) is 16.3. The van der Waals surface area contributed by atoms with E-state index in [9.17, 15) is 4.79 Å². The van der Waals surface area contributed by atoms with Crippen LogP contribution in [0.15, 0.2) is 60.7 Å². The Labute approximate surface area is 202 Å². The molecule has 2 bridgehead atoms. The van der Waals surface area contributed by atoms with Crippen molar-refractivity contribution < 1.29 is 14.0 Å². The van der Waals surface area contributed by atoms with Gasteiger partial charge in [0.15, 0.2) is 6.10 Å². The molecule has 0 amide bonds. The van der Waals surface area contributed by atoms with Gasteiger partial charge in [0.25, 0.3) is 0 Å². The van der Waals surface area contributed by atoms with Crippen LogP contribution in [0.3, 0.4) is 0 Å². The summed E-state index contributed by atoms with van der Waals surface area (Å²) in [6.07, 6.45) is 3.49. The van der Waals surface area contributed by atoms with Gasteiger partial charge in [0.1, 0.15) is 12.1 Å². The zero-order chi connectivity index (χ0) is 22.7. The third-order valence-electron chi connectivity index (χ3n) is 8.39. The molecule has 0 aromatic heterocycles. The number of thioether (sulfide) groups is 1. The maximum atomic E-state index is 13.9. The van der Waals surface area contributed by atoms with Crippen molar-refractivity contribution in [3.05, 3.63) is 71.8 Å². The van der Waals surface area contributed by atoms with E-state index in [1.165, 1.54) is 31.5 Å². The molecule has 2 aromatic carbocycles. The number of piperidine rings is 3. The molecule has 2 aromatic rings. The van der Waals surface area contributed by atoms with Gasteiger partial charge in [-0.25, -0.2) is 4.79 Å². The van der Waals surface area contributed by atoms with Crippen LogP contribution in [0.25, 0.3) is 0 Å². The number of quaternary nitrogens is 1. The topological polar surface area (TPSA) is 29.5 Å². The Kier molecular flexibility index (Phi) is 6.82. The van der Waals surface area contributed by atoms with Crippen LogP contribution < -0.4 is 0 Å². The smallest absolute Gasteiger partial charge is 0.331 e. The second-order valence-corrected chi connectivity index (χ2v) is 11.5. The van der Waals surface area contributed by atoms with E-state index in [1.54, 1.807) is 0 Å². The average Bonchev–Trinajstić information content (AvgIpc) is 2.89. The van der Waals surface area contributed by atoms with Gasteiger partial charge in [-0.15, -0.1) is 0 Å². The van der Waals surface area contributed by atoms with E-state index in [4.69, 9.17) is 4.74 Å². The molecule has 4 fully saturated rings. The summed E-state index contributed by atoms with van der Waals surface area (Å²) in [5.41, 5.74) is 1.74. The van der Waals surface area contributed by atoms with E-state index in [2.05, 4.69) is 54.3 Å². The monoisotopic (exact) mass is 465 g/mol. The predicted octanol–water partition coefficient (Wildman–Crippen LogP) is 4.35. The number of esters is 1. The first-order valence-electron chi connectivity index (χ1n) is 12.6. The fourth-order valence-corrected chi connectivity index (χ4v) is 7.04. The van der Waals surface area contributed by atoms with Gasteiger partial charge in [0, 0.05) is 49.8 Å². The van der Waals surface area contributed by atoms with Crippen LogP contribution in [-0.2, 0) is 21.5 Å². The summed E-state index contributed by atoms with van der Waals surface area (Å²) in [7, 11) is 0. The Bertz CT molecular complexity index is 923. The molecule has 176 valence electrons. The first-order valence-corrected chi connectivity index (χ1v) is 13.7. The van der Waals surface area contributed by atoms with Gasteiger partial charge in [-0.05, 0) is 18.1 Å². The molecular weight excluding hydrogens is 428 g/mol. The summed E-state index contributed by atoms with van der Waals surface area (Å²) in [6, 6.07) is 21.1. The number of hydrogen-bond acceptors (Lipinski definition) is 4. The van der Waals surface area contributed by atoms with Crippen LogP contribution >= 0.6 is 11.8 Å². The molecule has 4 aliphatic heterocycles. The Balaban J connectivity index is 1.32. The molecule has 4 aliphatic rings. The molecule has 5 heteroatoms. The van der Waals surface area contributed by atoms with E-state index in [1.807, 2.05) is 30.0 Å². The lowest BCUT2D eigenvalue weighted by molar-refractivity contribution is -0.946. The summed E-state index contributed by atoms with van der Waals surface area (Å²) in [5, 5.41) is 0. The van der Waals surface area contributed by atoms with Crippen molar-refractivity contribution in [1.82, 2.24) is 4.90 Å². The van der Waals surface area contributed by atoms with Gasteiger partial charge in [0.2, 0.25) is 0 Å². The number of benzene rings is 2. The zero-order valence-electron chi connectivity index (χ0n) is 19.8. The van der Waals surface area contributed by atoms with E-state index < -0.39 is 5.54 Å². The Morgan fingerprint density at radius 1 is 1.03 bits per heavy atom. The largest absolute Gasteiger partial charge is 0.454 e. The molecule has 2 atom stereocenters. The highest BCUT2D eigenvalue weighted by Crippen LogP contribution is 2.38. The van der Waals surface area contributed by atoms with Gasteiger partial charge < -0.3 is 9.22 Å². The lowest BCUT2D eigenvalue weighted by Crippen LogP contribution is -2.65. The van der Waals surface area contributed by atoms with Crippen LogP contribution in [0.1, 0.15) is 30.9 Å². The third-order valence-corrected chi connectivity index (χ3v) is 9.34. The lowest BCUT2D eigenvalue weighted by atomic mass is 9.82. The van der Waals surface area contributed by atoms with Crippen molar-refractivity contribution in [2.75, 3.05) is 50.8 Å². The van der Waals surface area contributed by atoms with Gasteiger partial charge in [-0.1, -0.05) is 60.7 Å². The Hall–Kier alpha value is -1.82. The molecule has 33 heavy (non-hydrogen) atoms. The minimum absolute atomic E-state index is 0.0398. The maximum Gasteiger partial charge on any atom is 0.331 e. The normalized spacial score (nSPS) is 29.4. The highest BCUT2D eigenvalue weighted by molar-refractivity contribution is 7.99. The fourth-order valence-electron chi connectivity index (χ4n) is 6.13. The number of nitrogens with zero attached hydrogens (tertiary/aromatic N) is 2. The molecule has 6 rings (SSSR count). The van der Waals surface area contributed by atoms with Crippen molar-refractivity contribution in [2.45, 2.75) is 37.8 Å².